The number of ether oxygens (including phenoxy) is 3. The molecule has 0 bridgehead atoms. The van der Waals surface area contributed by atoms with Crippen LogP contribution >= 0.6 is 11.6 Å². The van der Waals surface area contributed by atoms with E-state index in [4.69, 9.17) is 25.8 Å². The number of alkyl halides is 3. The first-order chi connectivity index (χ1) is 16.5. The van der Waals surface area contributed by atoms with Crippen molar-refractivity contribution in [3.63, 3.8) is 0 Å². The lowest BCUT2D eigenvalue weighted by Gasteiger charge is -2.27. The van der Waals surface area contributed by atoms with Crippen LogP contribution in [0.5, 0.6) is 11.5 Å². The number of amides is 1. The molecule has 1 aliphatic heterocycles. The number of benzene rings is 2. The molecule has 1 N–H and O–H groups in total. The van der Waals surface area contributed by atoms with E-state index in [1.54, 1.807) is 48.5 Å². The highest BCUT2D eigenvalue weighted by molar-refractivity contribution is 6.30. The van der Waals surface area contributed by atoms with Crippen LogP contribution in [-0.2, 0) is 14.3 Å². The Morgan fingerprint density at radius 1 is 1.17 bits per heavy atom. The molecule has 1 fully saturated rings. The lowest BCUT2D eigenvalue weighted by molar-refractivity contribution is -0.206. The molecule has 0 radical (unpaired) electrons. The van der Waals surface area contributed by atoms with E-state index >= 15 is 0 Å². The second kappa shape index (κ2) is 11.6. The van der Waals surface area contributed by atoms with Crippen LogP contribution in [0.1, 0.15) is 20.3 Å². The molecule has 0 saturated carbocycles. The third-order valence-electron chi connectivity index (χ3n) is 5.35. The maximum atomic E-state index is 12.9. The van der Waals surface area contributed by atoms with Crippen molar-refractivity contribution in [2.45, 2.75) is 44.7 Å². The van der Waals surface area contributed by atoms with Gasteiger partial charge >= 0.3 is 12.1 Å². The molecule has 190 valence electrons. The van der Waals surface area contributed by atoms with Gasteiger partial charge < -0.3 is 19.5 Å². The van der Waals surface area contributed by atoms with Gasteiger partial charge in [0, 0.05) is 37.5 Å². The molecule has 1 aliphatic rings. The number of carbonyl (C=O) groups excluding carboxylic acids is 2. The molecule has 3 rings (SSSR count). The molecule has 2 aromatic carbocycles. The fourth-order valence-corrected chi connectivity index (χ4v) is 3.89. The Morgan fingerprint density at radius 2 is 1.86 bits per heavy atom. The van der Waals surface area contributed by atoms with Crippen molar-refractivity contribution in [1.29, 1.82) is 0 Å². The fraction of sp³-hybridized carbons (Fsp3) is 0.417. The summed E-state index contributed by atoms with van der Waals surface area (Å²) in [6.07, 6.45) is -5.92. The zero-order valence-electron chi connectivity index (χ0n) is 19.2. The lowest BCUT2D eigenvalue weighted by atomic mass is 10.2. The summed E-state index contributed by atoms with van der Waals surface area (Å²) in [5, 5.41) is 3.16. The minimum atomic E-state index is -5.14. The van der Waals surface area contributed by atoms with Gasteiger partial charge in [0.2, 0.25) is 5.91 Å². The van der Waals surface area contributed by atoms with Crippen LogP contribution in [0.15, 0.2) is 48.5 Å². The summed E-state index contributed by atoms with van der Waals surface area (Å²) in [4.78, 5) is 24.9. The molecule has 1 saturated heterocycles. The van der Waals surface area contributed by atoms with Crippen LogP contribution in [0, 0.1) is 0 Å². The number of nitrogens with one attached hydrogen (secondary N) is 1. The highest BCUT2D eigenvalue weighted by Crippen LogP contribution is 2.27. The molecule has 7 nitrogen and oxygen atoms in total. The summed E-state index contributed by atoms with van der Waals surface area (Å²) in [7, 11) is 0. The second-order valence-corrected chi connectivity index (χ2v) is 8.68. The first-order valence-electron chi connectivity index (χ1n) is 10.9. The number of esters is 1. The largest absolute Gasteiger partial charge is 0.490 e. The summed E-state index contributed by atoms with van der Waals surface area (Å²) in [5.74, 6) is -1.75. The van der Waals surface area contributed by atoms with Gasteiger partial charge in [0.1, 0.15) is 30.3 Å². The van der Waals surface area contributed by atoms with E-state index in [2.05, 4.69) is 5.32 Å². The molecule has 35 heavy (non-hydrogen) atoms. The van der Waals surface area contributed by atoms with E-state index in [1.807, 2.05) is 11.8 Å². The molecule has 0 unspecified atom stereocenters. The van der Waals surface area contributed by atoms with Crippen LogP contribution in [0.4, 0.5) is 18.9 Å². The normalized spacial score (nSPS) is 19.1. The Morgan fingerprint density at radius 3 is 2.51 bits per heavy atom. The average molecular weight is 515 g/mol. The minimum absolute atomic E-state index is 0.00572. The van der Waals surface area contributed by atoms with Crippen molar-refractivity contribution in [2.75, 3.05) is 25.0 Å². The van der Waals surface area contributed by atoms with E-state index in [0.29, 0.717) is 29.4 Å². The number of halogens is 4. The Bertz CT molecular complexity index is 1020. The smallest absolute Gasteiger partial charge is 0.489 e. The van der Waals surface area contributed by atoms with Gasteiger partial charge in [-0.1, -0.05) is 23.7 Å². The standard InChI is InChI=1S/C24H26ClF3N2O5/c1-15-11-19(34-18-9-7-17(25)8-10-18)12-30(15)13-20(35-23(32)24(26,27)28)14-33-22-6-4-3-5-21(22)29-16(2)31/h3-10,15,19-20H,11-14H2,1-2H3,(H,29,31)/t15-,19+,20-/m1/s1. The van der Waals surface area contributed by atoms with Crippen molar-refractivity contribution in [1.82, 2.24) is 4.90 Å². The zero-order valence-corrected chi connectivity index (χ0v) is 19.9. The van der Waals surface area contributed by atoms with Crippen molar-refractivity contribution >= 4 is 29.2 Å². The molecule has 2 aromatic rings. The number of hydrogen-bond donors (Lipinski definition) is 1. The van der Waals surface area contributed by atoms with Crippen LogP contribution in [0.2, 0.25) is 5.02 Å². The minimum Gasteiger partial charge on any atom is -0.489 e. The maximum absolute atomic E-state index is 12.9. The van der Waals surface area contributed by atoms with Gasteiger partial charge in [-0.05, 0) is 43.3 Å². The summed E-state index contributed by atoms with van der Waals surface area (Å²) in [5.41, 5.74) is 0.354. The number of para-hydroxylation sites is 2. The molecular weight excluding hydrogens is 489 g/mol. The third-order valence-corrected chi connectivity index (χ3v) is 5.60. The SMILES string of the molecule is CC(=O)Nc1ccccc1OC[C@@H](CN1C[C@@H](Oc2ccc(Cl)cc2)C[C@H]1C)OC(=O)C(F)(F)F. The second-order valence-electron chi connectivity index (χ2n) is 8.25. The van der Waals surface area contributed by atoms with Crippen molar-refractivity contribution in [3.8, 4) is 11.5 Å². The predicted molar refractivity (Wildman–Crippen MR) is 124 cm³/mol. The van der Waals surface area contributed by atoms with Gasteiger partial charge in [0.25, 0.3) is 0 Å². The number of carbonyl (C=O) groups is 2. The summed E-state index contributed by atoms with van der Waals surface area (Å²) >= 11 is 5.90. The molecule has 0 aromatic heterocycles. The van der Waals surface area contributed by atoms with Gasteiger partial charge in [0.05, 0.1) is 5.69 Å². The molecule has 3 atom stereocenters. The number of hydrogen-bond acceptors (Lipinski definition) is 6. The van der Waals surface area contributed by atoms with Crippen LogP contribution in [-0.4, -0.2) is 60.9 Å². The zero-order chi connectivity index (χ0) is 25.6. The monoisotopic (exact) mass is 514 g/mol. The van der Waals surface area contributed by atoms with Gasteiger partial charge in [-0.25, -0.2) is 4.79 Å². The molecule has 0 aliphatic carbocycles. The first-order valence-corrected chi connectivity index (χ1v) is 11.3. The third kappa shape index (κ3) is 8.03. The molecule has 1 heterocycles. The molecule has 11 heteroatoms. The number of rotatable bonds is 9. The molecule has 1 amide bonds. The highest BCUT2D eigenvalue weighted by atomic mass is 35.5. The Kier molecular flexibility index (Phi) is 8.85. The van der Waals surface area contributed by atoms with Crippen molar-refractivity contribution < 1.29 is 37.0 Å². The van der Waals surface area contributed by atoms with E-state index in [1.165, 1.54) is 6.92 Å². The number of likely N-dealkylation sites (tertiary alicyclic amines) is 1. The van der Waals surface area contributed by atoms with Crippen molar-refractivity contribution in [3.05, 3.63) is 53.6 Å². The number of nitrogens with zero attached hydrogens (tertiary/aromatic N) is 1. The van der Waals surface area contributed by atoms with Gasteiger partial charge in [0.15, 0.2) is 0 Å². The summed E-state index contributed by atoms with van der Waals surface area (Å²) in [6.45, 7) is 3.32. The van der Waals surface area contributed by atoms with Gasteiger partial charge in [-0.15, -0.1) is 0 Å². The first kappa shape index (κ1) is 26.6. The van der Waals surface area contributed by atoms with E-state index in [9.17, 15) is 22.8 Å². The number of anilines is 1. The van der Waals surface area contributed by atoms with Gasteiger partial charge in [-0.2, -0.15) is 13.2 Å². The average Bonchev–Trinajstić information content (AvgIpc) is 3.12. The van der Waals surface area contributed by atoms with Crippen LogP contribution in [0.3, 0.4) is 0 Å². The molecule has 0 spiro atoms. The molecular formula is C24H26ClF3N2O5. The quantitative estimate of drug-likeness (QED) is 0.489. The lowest BCUT2D eigenvalue weighted by Crippen LogP contribution is -2.42. The fourth-order valence-electron chi connectivity index (χ4n) is 3.76. The Balaban J connectivity index is 1.67. The van der Waals surface area contributed by atoms with E-state index in [-0.39, 0.29) is 37.0 Å². The topological polar surface area (TPSA) is 77.1 Å². The van der Waals surface area contributed by atoms with Gasteiger partial charge in [-0.3, -0.25) is 9.69 Å². The Labute approximate surface area is 206 Å². The highest BCUT2D eigenvalue weighted by Gasteiger charge is 2.43. The van der Waals surface area contributed by atoms with Crippen LogP contribution < -0.4 is 14.8 Å². The van der Waals surface area contributed by atoms with Crippen LogP contribution in [0.25, 0.3) is 0 Å². The van der Waals surface area contributed by atoms with Crippen molar-refractivity contribution in [2.24, 2.45) is 0 Å². The van der Waals surface area contributed by atoms with E-state index in [0.717, 1.165) is 0 Å². The Hall–Kier alpha value is -2.98. The summed E-state index contributed by atoms with van der Waals surface area (Å²) < 4.78 is 55.1. The maximum Gasteiger partial charge on any atom is 0.490 e. The summed E-state index contributed by atoms with van der Waals surface area (Å²) in [6, 6.07) is 13.3. The predicted octanol–water partition coefficient (Wildman–Crippen LogP) is 4.69. The van der Waals surface area contributed by atoms with E-state index < -0.39 is 18.2 Å².